The topological polar surface area (TPSA) is 62.1 Å². The quantitative estimate of drug-likeness (QED) is 0.627. The van der Waals surface area contributed by atoms with Gasteiger partial charge in [-0.3, -0.25) is 0 Å². The van der Waals surface area contributed by atoms with Crippen molar-refractivity contribution in [2.75, 3.05) is 0 Å². The molecule has 1 aromatic heterocycles. The van der Waals surface area contributed by atoms with Crippen LogP contribution in [-0.2, 0) is 22.3 Å². The van der Waals surface area contributed by atoms with Crippen LogP contribution in [0.4, 0.5) is 0 Å². The van der Waals surface area contributed by atoms with E-state index in [4.69, 9.17) is 9.05 Å². The van der Waals surface area contributed by atoms with Crippen molar-refractivity contribution in [3.8, 4) is 0 Å². The molecule has 0 saturated carbocycles. The molecule has 0 fully saturated rings. The Kier molecular flexibility index (Phi) is 5.21. The molecule has 3 aromatic rings. The van der Waals surface area contributed by atoms with Gasteiger partial charge in [0.15, 0.2) is 0 Å². The molecular formula is C15H15N4O2P. The van der Waals surface area contributed by atoms with Gasteiger partial charge >= 0.3 is 8.53 Å². The molecule has 22 heavy (non-hydrogen) atoms. The summed E-state index contributed by atoms with van der Waals surface area (Å²) < 4.78 is 13.2. The van der Waals surface area contributed by atoms with Crippen molar-refractivity contribution >= 4 is 8.53 Å². The fourth-order valence-electron chi connectivity index (χ4n) is 1.79. The predicted molar refractivity (Wildman–Crippen MR) is 82.6 cm³/mol. The van der Waals surface area contributed by atoms with Gasteiger partial charge in [-0.05, 0) is 21.6 Å². The molecule has 6 nitrogen and oxygen atoms in total. The second-order valence-electron chi connectivity index (χ2n) is 4.49. The maximum absolute atomic E-state index is 5.86. The van der Waals surface area contributed by atoms with Gasteiger partial charge in [-0.15, -0.1) is 5.10 Å². The number of tetrazole rings is 1. The molecule has 7 heteroatoms. The Morgan fingerprint density at radius 1 is 0.818 bits per heavy atom. The summed E-state index contributed by atoms with van der Waals surface area (Å²) in [7, 11) is -1.39. The van der Waals surface area contributed by atoms with Crippen molar-refractivity contribution in [1.29, 1.82) is 0 Å². The van der Waals surface area contributed by atoms with Crippen molar-refractivity contribution in [2.24, 2.45) is 0 Å². The van der Waals surface area contributed by atoms with Crippen molar-refractivity contribution < 1.29 is 9.05 Å². The van der Waals surface area contributed by atoms with Gasteiger partial charge in [-0.25, -0.2) is 0 Å². The maximum Gasteiger partial charge on any atom is 0.315 e. The van der Waals surface area contributed by atoms with Gasteiger partial charge in [0.2, 0.25) is 0 Å². The van der Waals surface area contributed by atoms with Gasteiger partial charge in [0, 0.05) is 0 Å². The van der Waals surface area contributed by atoms with Crippen LogP contribution in [-0.4, -0.2) is 20.0 Å². The van der Waals surface area contributed by atoms with Crippen LogP contribution in [0.25, 0.3) is 0 Å². The third kappa shape index (κ3) is 4.18. The highest BCUT2D eigenvalue weighted by Crippen LogP contribution is 2.40. The van der Waals surface area contributed by atoms with Crippen LogP contribution in [0.1, 0.15) is 11.1 Å². The molecule has 0 saturated heterocycles. The van der Waals surface area contributed by atoms with E-state index in [1.165, 1.54) is 10.8 Å². The molecule has 2 aromatic carbocycles. The highest BCUT2D eigenvalue weighted by atomic mass is 31.2. The fourth-order valence-corrected chi connectivity index (χ4v) is 2.86. The van der Waals surface area contributed by atoms with E-state index in [9.17, 15) is 0 Å². The average Bonchev–Trinajstić information content (AvgIpc) is 3.11. The summed E-state index contributed by atoms with van der Waals surface area (Å²) in [6, 6.07) is 19.9. The summed E-state index contributed by atoms with van der Waals surface area (Å²) in [6.45, 7) is 0.891. The normalized spacial score (nSPS) is 11.0. The van der Waals surface area contributed by atoms with Gasteiger partial charge < -0.3 is 9.05 Å². The Labute approximate surface area is 129 Å². The molecule has 0 spiro atoms. The summed E-state index contributed by atoms with van der Waals surface area (Å²) in [5, 5.41) is 11.2. The fraction of sp³-hybridized carbons (Fsp3) is 0.133. The summed E-state index contributed by atoms with van der Waals surface area (Å²) in [5.41, 5.74) is 2.15. The Balaban J connectivity index is 1.63. The first-order chi connectivity index (χ1) is 10.9. The zero-order valence-corrected chi connectivity index (χ0v) is 12.7. The minimum Gasteiger partial charge on any atom is -0.311 e. The molecule has 0 aliphatic carbocycles. The Morgan fingerprint density at radius 3 is 1.82 bits per heavy atom. The molecule has 0 unspecified atom stereocenters. The third-order valence-electron chi connectivity index (χ3n) is 2.87. The van der Waals surface area contributed by atoms with Gasteiger partial charge in [0.25, 0.3) is 0 Å². The Hall–Kier alpha value is -2.14. The first-order valence-corrected chi connectivity index (χ1v) is 7.92. The van der Waals surface area contributed by atoms with Crippen LogP contribution in [0.15, 0.2) is 67.0 Å². The van der Waals surface area contributed by atoms with Crippen LogP contribution in [0.3, 0.4) is 0 Å². The zero-order chi connectivity index (χ0) is 15.0. The lowest BCUT2D eigenvalue weighted by molar-refractivity contribution is 0.226. The number of aromatic nitrogens is 4. The van der Waals surface area contributed by atoms with E-state index in [2.05, 4.69) is 15.5 Å². The van der Waals surface area contributed by atoms with Gasteiger partial charge in [-0.1, -0.05) is 60.7 Å². The molecule has 0 aliphatic heterocycles. The van der Waals surface area contributed by atoms with Crippen molar-refractivity contribution in [3.05, 3.63) is 78.1 Å². The minimum absolute atomic E-state index is 0.446. The Morgan fingerprint density at radius 2 is 1.36 bits per heavy atom. The third-order valence-corrected chi connectivity index (χ3v) is 4.09. The lowest BCUT2D eigenvalue weighted by atomic mass is 10.2. The predicted octanol–water partition coefficient (Wildman–Crippen LogP) is 3.18. The molecule has 0 radical (unpaired) electrons. The van der Waals surface area contributed by atoms with Gasteiger partial charge in [-0.2, -0.15) is 4.45 Å². The first kappa shape index (κ1) is 14.8. The van der Waals surface area contributed by atoms with Crippen LogP contribution in [0, 0.1) is 0 Å². The smallest absolute Gasteiger partial charge is 0.311 e. The highest BCUT2D eigenvalue weighted by Gasteiger charge is 2.16. The lowest BCUT2D eigenvalue weighted by Gasteiger charge is -2.15. The van der Waals surface area contributed by atoms with E-state index in [1.807, 2.05) is 60.7 Å². The molecule has 112 valence electrons. The summed E-state index contributed by atoms with van der Waals surface area (Å²) in [6.07, 6.45) is 1.50. The SMILES string of the molecule is c1ccc(COP(OCc2ccccc2)n2cnnn2)cc1. The van der Waals surface area contributed by atoms with E-state index in [0.29, 0.717) is 13.2 Å². The maximum atomic E-state index is 5.86. The largest absolute Gasteiger partial charge is 0.315 e. The van der Waals surface area contributed by atoms with E-state index in [0.717, 1.165) is 11.1 Å². The minimum atomic E-state index is -1.39. The molecule has 3 rings (SSSR count). The van der Waals surface area contributed by atoms with Crippen molar-refractivity contribution in [2.45, 2.75) is 13.2 Å². The van der Waals surface area contributed by atoms with Crippen molar-refractivity contribution in [1.82, 2.24) is 20.0 Å². The molecule has 0 bridgehead atoms. The van der Waals surface area contributed by atoms with Crippen LogP contribution in [0.5, 0.6) is 0 Å². The number of rotatable bonds is 7. The van der Waals surface area contributed by atoms with Gasteiger partial charge in [0.1, 0.15) is 6.33 Å². The van der Waals surface area contributed by atoms with Gasteiger partial charge in [0.05, 0.1) is 13.2 Å². The van der Waals surface area contributed by atoms with E-state index < -0.39 is 8.53 Å². The highest BCUT2D eigenvalue weighted by molar-refractivity contribution is 7.45. The molecule has 1 heterocycles. The van der Waals surface area contributed by atoms with Crippen molar-refractivity contribution in [3.63, 3.8) is 0 Å². The summed E-state index contributed by atoms with van der Waals surface area (Å²) in [5.74, 6) is 0. The average molecular weight is 314 g/mol. The number of nitrogens with zero attached hydrogens (tertiary/aromatic N) is 4. The standard InChI is InChI=1S/C15H15N4O2P/c1-3-7-14(8-4-1)11-20-22(19-13-16-17-18-19)21-12-15-9-5-2-6-10-15/h1-10,13H,11-12H2. The molecule has 0 N–H and O–H groups in total. The van der Waals surface area contributed by atoms with E-state index in [1.54, 1.807) is 0 Å². The summed E-state index contributed by atoms with van der Waals surface area (Å²) in [4.78, 5) is 0. The van der Waals surface area contributed by atoms with Crippen LogP contribution in [0.2, 0.25) is 0 Å². The zero-order valence-electron chi connectivity index (χ0n) is 11.8. The molecule has 0 atom stereocenters. The van der Waals surface area contributed by atoms with E-state index in [-0.39, 0.29) is 0 Å². The molecule has 0 aliphatic rings. The Bertz CT molecular complexity index is 621. The second-order valence-corrected chi connectivity index (χ2v) is 5.89. The van der Waals surface area contributed by atoms with E-state index >= 15 is 0 Å². The number of hydrogen-bond acceptors (Lipinski definition) is 5. The monoisotopic (exact) mass is 314 g/mol. The first-order valence-electron chi connectivity index (χ1n) is 6.79. The van der Waals surface area contributed by atoms with Crippen LogP contribution < -0.4 is 0 Å². The van der Waals surface area contributed by atoms with Crippen LogP contribution >= 0.6 is 8.53 Å². The molecular weight excluding hydrogens is 299 g/mol. The second kappa shape index (κ2) is 7.75. The lowest BCUT2D eigenvalue weighted by Crippen LogP contribution is -2.02. The molecule has 0 amide bonds. The summed E-state index contributed by atoms with van der Waals surface area (Å²) >= 11 is 0. The number of hydrogen-bond donors (Lipinski definition) is 0. The number of benzene rings is 2.